The van der Waals surface area contributed by atoms with Gasteiger partial charge in [-0.2, -0.15) is 5.26 Å². The number of aromatic nitrogens is 1. The minimum atomic E-state index is -0.607. The summed E-state index contributed by atoms with van der Waals surface area (Å²) < 4.78 is 4.97. The number of ether oxygens (including phenoxy) is 1. The van der Waals surface area contributed by atoms with E-state index >= 15 is 0 Å². The average Bonchev–Trinajstić information content (AvgIpc) is 2.59. The highest BCUT2D eigenvalue weighted by atomic mass is 32.2. The predicted octanol–water partition coefficient (Wildman–Crippen LogP) is 2.80. The van der Waals surface area contributed by atoms with Crippen molar-refractivity contribution in [3.05, 3.63) is 53.9 Å². The van der Waals surface area contributed by atoms with Crippen molar-refractivity contribution in [3.63, 3.8) is 0 Å². The van der Waals surface area contributed by atoms with E-state index in [1.165, 1.54) is 18.0 Å². The normalized spacial score (nSPS) is 9.83. The number of hydrogen-bond acceptors (Lipinski definition) is 6. The van der Waals surface area contributed by atoms with Crippen molar-refractivity contribution in [1.29, 1.82) is 5.26 Å². The molecule has 7 heteroatoms. The number of nitrogens with one attached hydrogen (secondary N) is 1. The number of amides is 1. The molecule has 122 valence electrons. The Morgan fingerprint density at radius 1 is 1.29 bits per heavy atom. The molecule has 0 unspecified atom stereocenters. The maximum Gasteiger partial charge on any atom is 0.340 e. The first kappa shape index (κ1) is 17.5. The molecule has 1 heterocycles. The summed E-state index contributed by atoms with van der Waals surface area (Å²) in [5.41, 5.74) is 1.66. The molecule has 24 heavy (non-hydrogen) atoms. The lowest BCUT2D eigenvalue weighted by Gasteiger charge is -2.10. The van der Waals surface area contributed by atoms with E-state index in [0.29, 0.717) is 11.3 Å². The number of hydrogen-bond donors (Lipinski definition) is 1. The van der Waals surface area contributed by atoms with Crippen LogP contribution in [0.25, 0.3) is 0 Å². The number of thioether (sulfide) groups is 1. The van der Waals surface area contributed by atoms with Gasteiger partial charge in [-0.15, -0.1) is 11.8 Å². The zero-order chi connectivity index (χ0) is 17.4. The molecule has 2 aromatic rings. The maximum atomic E-state index is 12.0. The summed E-state index contributed by atoms with van der Waals surface area (Å²) in [5.74, 6) is -0.777. The quantitative estimate of drug-likeness (QED) is 0.641. The third-order valence-electron chi connectivity index (χ3n) is 2.93. The van der Waals surface area contributed by atoms with Crippen molar-refractivity contribution in [1.82, 2.24) is 4.98 Å². The number of rotatable bonds is 6. The molecule has 0 aliphatic heterocycles. The van der Waals surface area contributed by atoms with Crippen LogP contribution in [0, 0.1) is 18.3 Å². The molecular formula is C17H15N3O3S. The minimum Gasteiger partial charge on any atom is -0.452 e. The van der Waals surface area contributed by atoms with E-state index in [2.05, 4.69) is 10.3 Å². The Kier molecular flexibility index (Phi) is 6.34. The highest BCUT2D eigenvalue weighted by Crippen LogP contribution is 2.26. The SMILES string of the molecule is Cc1ccc(C(=O)OCC(=O)Nc2ccccc2SCC#N)cn1. The molecule has 1 aromatic heterocycles. The second-order valence-electron chi connectivity index (χ2n) is 4.76. The molecule has 0 aliphatic rings. The van der Waals surface area contributed by atoms with Gasteiger partial charge in [0.1, 0.15) is 0 Å². The van der Waals surface area contributed by atoms with Crippen LogP contribution in [0.3, 0.4) is 0 Å². The molecule has 1 aromatic carbocycles. The topological polar surface area (TPSA) is 92.1 Å². The number of para-hydroxylation sites is 1. The summed E-state index contributed by atoms with van der Waals surface area (Å²) in [6, 6.07) is 12.4. The molecule has 0 fully saturated rings. The fraction of sp³-hybridized carbons (Fsp3) is 0.176. The Morgan fingerprint density at radius 2 is 2.08 bits per heavy atom. The smallest absolute Gasteiger partial charge is 0.340 e. The molecule has 1 amide bonds. The molecule has 0 spiro atoms. The van der Waals surface area contributed by atoms with Gasteiger partial charge in [-0.05, 0) is 31.2 Å². The van der Waals surface area contributed by atoms with Crippen molar-refractivity contribution in [2.24, 2.45) is 0 Å². The van der Waals surface area contributed by atoms with Gasteiger partial charge >= 0.3 is 5.97 Å². The standard InChI is InChI=1S/C17H15N3O3S/c1-12-6-7-13(10-19-12)17(22)23-11-16(21)20-14-4-2-3-5-15(14)24-9-8-18/h2-7,10H,9,11H2,1H3,(H,20,21). The minimum absolute atomic E-state index is 0.280. The van der Waals surface area contributed by atoms with Crippen molar-refractivity contribution in [2.45, 2.75) is 11.8 Å². The van der Waals surface area contributed by atoms with Gasteiger partial charge < -0.3 is 10.1 Å². The third-order valence-corrected chi connectivity index (χ3v) is 3.88. The van der Waals surface area contributed by atoms with Crippen LogP contribution in [0.2, 0.25) is 0 Å². The van der Waals surface area contributed by atoms with Gasteiger partial charge in [-0.1, -0.05) is 12.1 Å². The molecule has 0 bridgehead atoms. The van der Waals surface area contributed by atoms with Crippen molar-refractivity contribution < 1.29 is 14.3 Å². The first-order chi connectivity index (χ1) is 11.6. The monoisotopic (exact) mass is 341 g/mol. The van der Waals surface area contributed by atoms with Gasteiger partial charge in [0.15, 0.2) is 6.61 Å². The molecule has 6 nitrogen and oxygen atoms in total. The van der Waals surface area contributed by atoms with Crippen molar-refractivity contribution in [2.75, 3.05) is 17.7 Å². The first-order valence-electron chi connectivity index (χ1n) is 7.08. The van der Waals surface area contributed by atoms with E-state index in [1.54, 1.807) is 24.3 Å². The Balaban J connectivity index is 1.91. The number of aryl methyl sites for hydroxylation is 1. The lowest BCUT2D eigenvalue weighted by atomic mass is 10.2. The maximum absolute atomic E-state index is 12.0. The van der Waals surface area contributed by atoms with E-state index in [0.717, 1.165) is 10.6 Å². The average molecular weight is 341 g/mol. The fourth-order valence-corrected chi connectivity index (χ4v) is 2.46. The summed E-state index contributed by atoms with van der Waals surface area (Å²) in [5, 5.41) is 11.3. The summed E-state index contributed by atoms with van der Waals surface area (Å²) in [6.45, 7) is 1.41. The molecule has 0 saturated heterocycles. The summed E-state index contributed by atoms with van der Waals surface area (Å²) >= 11 is 1.32. The summed E-state index contributed by atoms with van der Waals surface area (Å²) in [4.78, 5) is 28.6. The largest absolute Gasteiger partial charge is 0.452 e. The highest BCUT2D eigenvalue weighted by molar-refractivity contribution is 7.99. The molecule has 0 atom stereocenters. The van der Waals surface area contributed by atoms with Crippen LogP contribution >= 0.6 is 11.8 Å². The second kappa shape index (κ2) is 8.70. The Bertz CT molecular complexity index is 769. The molecule has 1 N–H and O–H groups in total. The number of nitriles is 1. The molecule has 0 aliphatic carbocycles. The number of nitrogens with zero attached hydrogens (tertiary/aromatic N) is 2. The zero-order valence-electron chi connectivity index (χ0n) is 13.0. The Labute approximate surface area is 143 Å². The number of esters is 1. The van der Waals surface area contributed by atoms with Gasteiger partial charge in [0.25, 0.3) is 5.91 Å². The van der Waals surface area contributed by atoms with E-state index in [9.17, 15) is 9.59 Å². The van der Waals surface area contributed by atoms with Gasteiger partial charge in [0.05, 0.1) is 23.1 Å². The second-order valence-corrected chi connectivity index (χ2v) is 5.77. The van der Waals surface area contributed by atoms with E-state index < -0.39 is 18.5 Å². The van der Waals surface area contributed by atoms with Crippen LogP contribution < -0.4 is 5.32 Å². The Hall–Kier alpha value is -2.85. The number of carbonyl (C=O) groups excluding carboxylic acids is 2. The fourth-order valence-electron chi connectivity index (χ4n) is 1.80. The molecule has 0 radical (unpaired) electrons. The molecule has 2 rings (SSSR count). The zero-order valence-corrected chi connectivity index (χ0v) is 13.8. The first-order valence-corrected chi connectivity index (χ1v) is 8.07. The third kappa shape index (κ3) is 5.11. The predicted molar refractivity (Wildman–Crippen MR) is 90.7 cm³/mol. The van der Waals surface area contributed by atoms with E-state index in [1.807, 2.05) is 25.1 Å². The van der Waals surface area contributed by atoms with E-state index in [-0.39, 0.29) is 5.75 Å². The molecule has 0 saturated carbocycles. The summed E-state index contributed by atoms with van der Waals surface area (Å²) in [6.07, 6.45) is 1.41. The van der Waals surface area contributed by atoms with Crippen LogP contribution in [-0.4, -0.2) is 29.2 Å². The number of anilines is 1. The lowest BCUT2D eigenvalue weighted by Crippen LogP contribution is -2.21. The van der Waals surface area contributed by atoms with Crippen LogP contribution in [-0.2, 0) is 9.53 Å². The Morgan fingerprint density at radius 3 is 2.79 bits per heavy atom. The van der Waals surface area contributed by atoms with Crippen molar-refractivity contribution in [3.8, 4) is 6.07 Å². The van der Waals surface area contributed by atoms with Gasteiger partial charge in [0, 0.05) is 16.8 Å². The number of benzene rings is 1. The lowest BCUT2D eigenvalue weighted by molar-refractivity contribution is -0.119. The number of pyridine rings is 1. The van der Waals surface area contributed by atoms with Crippen LogP contribution in [0.4, 0.5) is 5.69 Å². The van der Waals surface area contributed by atoms with Gasteiger partial charge in [0.2, 0.25) is 0 Å². The number of carbonyl (C=O) groups is 2. The van der Waals surface area contributed by atoms with Crippen molar-refractivity contribution >= 4 is 29.3 Å². The molecular weight excluding hydrogens is 326 g/mol. The van der Waals surface area contributed by atoms with Crippen LogP contribution in [0.5, 0.6) is 0 Å². The highest BCUT2D eigenvalue weighted by Gasteiger charge is 2.12. The summed E-state index contributed by atoms with van der Waals surface area (Å²) in [7, 11) is 0. The van der Waals surface area contributed by atoms with Crippen LogP contribution in [0.1, 0.15) is 16.1 Å². The van der Waals surface area contributed by atoms with Gasteiger partial charge in [-0.3, -0.25) is 9.78 Å². The van der Waals surface area contributed by atoms with Crippen LogP contribution in [0.15, 0.2) is 47.5 Å². The van der Waals surface area contributed by atoms with E-state index in [4.69, 9.17) is 10.00 Å². The van der Waals surface area contributed by atoms with Gasteiger partial charge in [-0.25, -0.2) is 4.79 Å².